The van der Waals surface area contributed by atoms with Crippen molar-refractivity contribution in [2.24, 2.45) is 11.8 Å². The Morgan fingerprint density at radius 2 is 1.95 bits per heavy atom. The van der Waals surface area contributed by atoms with E-state index in [4.69, 9.17) is 25.8 Å². The smallest absolute Gasteiger partial charge is 0.329 e. The molecule has 0 radical (unpaired) electrons. The number of carboxylic acid groups (broad SMARTS) is 1. The molecule has 3 aliphatic carbocycles. The first-order chi connectivity index (χ1) is 21.3. The minimum absolute atomic E-state index is 0.135. The first-order valence-electron chi connectivity index (χ1n) is 16.1. The monoisotopic (exact) mass is 616 g/mol. The van der Waals surface area contributed by atoms with Gasteiger partial charge in [-0.25, -0.2) is 4.79 Å². The highest BCUT2D eigenvalue weighted by molar-refractivity contribution is 6.30. The molecule has 1 fully saturated rings. The maximum atomic E-state index is 12.8. The topological polar surface area (TPSA) is 89.9 Å². The van der Waals surface area contributed by atoms with Crippen LogP contribution in [0.4, 0.5) is 5.69 Å². The van der Waals surface area contributed by atoms with E-state index in [1.165, 1.54) is 35.2 Å². The van der Waals surface area contributed by atoms with Gasteiger partial charge in [-0.05, 0) is 128 Å². The molecule has 2 aromatic carbocycles. The normalized spacial score (nSPS) is 27.4. The molecular formula is C36H41ClN2O5. The standard InChI is InChI=1S/C36H41ClN2O5/c1-22(20-42-30-9-14-38-29-8-3-5-23(2)33(29)30)15-25-16-24-17-31-32(44-21-43-31)19-28(24)35(25)10-12-36(13-11-35,34(40)41)39-27-7-4-6-26(37)18-27/h4,6-7,9,14,17-19,22-23,25,39H,3,5,8,10-13,15-16,20-21H2,1-2H3,(H,40,41)/t22-,23-,25?,35?,36?/m1/s1. The Balaban J connectivity index is 1.13. The van der Waals surface area contributed by atoms with Gasteiger partial charge in [-0.15, -0.1) is 0 Å². The van der Waals surface area contributed by atoms with Gasteiger partial charge >= 0.3 is 5.97 Å². The number of benzene rings is 2. The summed E-state index contributed by atoms with van der Waals surface area (Å²) in [5.41, 5.74) is 4.63. The lowest BCUT2D eigenvalue weighted by Gasteiger charge is -2.47. The number of aliphatic carboxylic acids is 1. The van der Waals surface area contributed by atoms with Crippen LogP contribution in [0.15, 0.2) is 48.7 Å². The number of rotatable bonds is 8. The Hall–Kier alpha value is -3.45. The van der Waals surface area contributed by atoms with Crippen LogP contribution >= 0.6 is 11.6 Å². The summed E-state index contributed by atoms with van der Waals surface area (Å²) in [5.74, 6) is 2.93. The van der Waals surface area contributed by atoms with Gasteiger partial charge < -0.3 is 24.6 Å². The van der Waals surface area contributed by atoms with Gasteiger partial charge in [0, 0.05) is 28.2 Å². The molecular weight excluding hydrogens is 576 g/mol. The van der Waals surface area contributed by atoms with Gasteiger partial charge in [-0.2, -0.15) is 0 Å². The van der Waals surface area contributed by atoms with Crippen LogP contribution in [0.25, 0.3) is 0 Å². The second-order valence-electron chi connectivity index (χ2n) is 13.6. The van der Waals surface area contributed by atoms with E-state index >= 15 is 0 Å². The zero-order valence-electron chi connectivity index (χ0n) is 25.5. The molecule has 232 valence electrons. The molecule has 7 nitrogen and oxygen atoms in total. The number of halogens is 1. The third-order valence-electron chi connectivity index (χ3n) is 10.8. The Labute approximate surface area is 264 Å². The number of anilines is 1. The molecule has 4 aliphatic rings. The van der Waals surface area contributed by atoms with Gasteiger partial charge in [-0.1, -0.05) is 31.5 Å². The summed E-state index contributed by atoms with van der Waals surface area (Å²) in [6.07, 6.45) is 9.78. The van der Waals surface area contributed by atoms with E-state index in [1.54, 1.807) is 12.1 Å². The van der Waals surface area contributed by atoms with Gasteiger partial charge in [0.25, 0.3) is 0 Å². The van der Waals surface area contributed by atoms with Gasteiger partial charge in [-0.3, -0.25) is 4.98 Å². The zero-order valence-corrected chi connectivity index (χ0v) is 26.3. The number of fused-ring (bicyclic) bond motifs is 4. The first kappa shape index (κ1) is 29.3. The fourth-order valence-electron chi connectivity index (χ4n) is 8.50. The lowest BCUT2D eigenvalue weighted by atomic mass is 9.59. The molecule has 0 saturated heterocycles. The van der Waals surface area contributed by atoms with Crippen LogP contribution in [0, 0.1) is 11.8 Å². The van der Waals surface area contributed by atoms with E-state index < -0.39 is 11.5 Å². The summed E-state index contributed by atoms with van der Waals surface area (Å²) in [6.45, 7) is 5.45. The molecule has 3 aromatic rings. The summed E-state index contributed by atoms with van der Waals surface area (Å²) >= 11 is 6.24. The summed E-state index contributed by atoms with van der Waals surface area (Å²) in [7, 11) is 0. The van der Waals surface area contributed by atoms with Crippen LogP contribution in [-0.4, -0.2) is 35.0 Å². The highest BCUT2D eigenvalue weighted by Gasteiger charge is 2.54. The molecule has 1 aromatic heterocycles. The summed E-state index contributed by atoms with van der Waals surface area (Å²) in [5, 5.41) is 14.5. The number of pyridine rings is 1. The van der Waals surface area contributed by atoms with Crippen molar-refractivity contribution in [1.29, 1.82) is 0 Å². The molecule has 1 unspecified atom stereocenters. The Kier molecular flexibility index (Phi) is 7.64. The molecule has 1 saturated carbocycles. The van der Waals surface area contributed by atoms with Crippen molar-refractivity contribution in [1.82, 2.24) is 4.98 Å². The number of carboxylic acids is 1. The third kappa shape index (κ3) is 5.17. The van der Waals surface area contributed by atoms with Crippen molar-refractivity contribution < 1.29 is 24.1 Å². The van der Waals surface area contributed by atoms with Crippen molar-refractivity contribution in [2.75, 3.05) is 18.7 Å². The molecule has 1 aliphatic heterocycles. The number of carbonyl (C=O) groups is 1. The molecule has 3 atom stereocenters. The summed E-state index contributed by atoms with van der Waals surface area (Å²) in [4.78, 5) is 17.5. The molecule has 7 rings (SSSR count). The molecule has 2 N–H and O–H groups in total. The number of aryl methyl sites for hydroxylation is 1. The predicted octanol–water partition coefficient (Wildman–Crippen LogP) is 7.93. The van der Waals surface area contributed by atoms with Crippen LogP contribution in [-0.2, 0) is 23.1 Å². The van der Waals surface area contributed by atoms with E-state index in [0.717, 1.165) is 55.0 Å². The van der Waals surface area contributed by atoms with Crippen LogP contribution < -0.4 is 19.5 Å². The van der Waals surface area contributed by atoms with E-state index in [9.17, 15) is 9.90 Å². The number of aromatic nitrogens is 1. The van der Waals surface area contributed by atoms with Crippen molar-refractivity contribution in [3.8, 4) is 17.2 Å². The number of nitrogens with one attached hydrogen (secondary N) is 1. The Morgan fingerprint density at radius 3 is 2.73 bits per heavy atom. The maximum absolute atomic E-state index is 12.8. The third-order valence-corrected chi connectivity index (χ3v) is 11.0. The van der Waals surface area contributed by atoms with Gasteiger partial charge in [0.2, 0.25) is 6.79 Å². The van der Waals surface area contributed by atoms with E-state index in [0.29, 0.717) is 42.2 Å². The fourth-order valence-corrected chi connectivity index (χ4v) is 8.69. The quantitative estimate of drug-likeness (QED) is 0.266. The second kappa shape index (κ2) is 11.5. The van der Waals surface area contributed by atoms with Crippen LogP contribution in [0.3, 0.4) is 0 Å². The van der Waals surface area contributed by atoms with Crippen LogP contribution in [0.1, 0.15) is 87.1 Å². The highest BCUT2D eigenvalue weighted by atomic mass is 35.5. The molecule has 2 heterocycles. The number of hydrogen-bond acceptors (Lipinski definition) is 6. The minimum Gasteiger partial charge on any atom is -0.493 e. The molecule has 8 heteroatoms. The molecule has 0 amide bonds. The zero-order chi connectivity index (χ0) is 30.5. The predicted molar refractivity (Wildman–Crippen MR) is 170 cm³/mol. The van der Waals surface area contributed by atoms with Crippen molar-refractivity contribution in [2.45, 2.75) is 88.5 Å². The van der Waals surface area contributed by atoms with Crippen LogP contribution in [0.2, 0.25) is 5.02 Å². The average Bonchev–Trinajstić information content (AvgIpc) is 3.58. The van der Waals surface area contributed by atoms with Gasteiger partial charge in [0.05, 0.1) is 6.61 Å². The fraction of sp³-hybridized carbons (Fsp3) is 0.500. The van der Waals surface area contributed by atoms with Crippen molar-refractivity contribution >= 4 is 23.3 Å². The average molecular weight is 617 g/mol. The Morgan fingerprint density at radius 1 is 1.16 bits per heavy atom. The van der Waals surface area contributed by atoms with Crippen molar-refractivity contribution in [3.05, 3.63) is 76.1 Å². The summed E-state index contributed by atoms with van der Waals surface area (Å²) < 4.78 is 18.1. The lowest BCUT2D eigenvalue weighted by Crippen LogP contribution is -2.53. The first-order valence-corrected chi connectivity index (χ1v) is 16.4. The molecule has 0 bridgehead atoms. The number of nitrogens with zero attached hydrogens (tertiary/aromatic N) is 1. The van der Waals surface area contributed by atoms with E-state index in [-0.39, 0.29) is 12.2 Å². The highest BCUT2D eigenvalue weighted by Crippen LogP contribution is 2.58. The maximum Gasteiger partial charge on any atom is 0.329 e. The number of ether oxygens (including phenoxy) is 3. The SMILES string of the molecule is C[C@@H](COc1ccnc2c1[C@H](C)CCC2)CC1Cc2cc3c(cc2C12CCC(Nc1cccc(Cl)c1)(C(=O)O)CC2)OCO3. The van der Waals surface area contributed by atoms with Crippen molar-refractivity contribution in [3.63, 3.8) is 0 Å². The van der Waals surface area contributed by atoms with Gasteiger partial charge in [0.15, 0.2) is 11.5 Å². The molecule has 44 heavy (non-hydrogen) atoms. The minimum atomic E-state index is -1.05. The second-order valence-corrected chi connectivity index (χ2v) is 14.0. The van der Waals surface area contributed by atoms with Crippen LogP contribution in [0.5, 0.6) is 17.2 Å². The number of hydrogen-bond donors (Lipinski definition) is 2. The molecule has 1 spiro atoms. The Bertz CT molecular complexity index is 1570. The summed E-state index contributed by atoms with van der Waals surface area (Å²) in [6, 6.07) is 13.7. The lowest BCUT2D eigenvalue weighted by molar-refractivity contribution is -0.144. The van der Waals surface area contributed by atoms with Gasteiger partial charge in [0.1, 0.15) is 11.3 Å². The van der Waals surface area contributed by atoms with E-state index in [1.807, 2.05) is 24.4 Å². The van der Waals surface area contributed by atoms with E-state index in [2.05, 4.69) is 36.3 Å². The largest absolute Gasteiger partial charge is 0.493 e.